The van der Waals surface area contributed by atoms with Gasteiger partial charge in [0.1, 0.15) is 5.69 Å². The number of aromatic nitrogens is 1. The van der Waals surface area contributed by atoms with Gasteiger partial charge in [-0.25, -0.2) is 4.98 Å². The van der Waals surface area contributed by atoms with E-state index in [1.54, 1.807) is 5.38 Å². The van der Waals surface area contributed by atoms with Crippen molar-refractivity contribution in [2.75, 3.05) is 11.9 Å². The third kappa shape index (κ3) is 3.20. The summed E-state index contributed by atoms with van der Waals surface area (Å²) in [4.78, 5) is 16.2. The molecule has 0 radical (unpaired) electrons. The highest BCUT2D eigenvalue weighted by Gasteiger charge is 2.25. The van der Waals surface area contributed by atoms with Crippen molar-refractivity contribution < 1.29 is 9.90 Å². The van der Waals surface area contributed by atoms with Crippen LogP contribution < -0.4 is 10.6 Å². The van der Waals surface area contributed by atoms with Gasteiger partial charge in [0.05, 0.1) is 12.1 Å². The predicted molar refractivity (Wildman–Crippen MR) is 72.0 cm³/mol. The molecule has 0 bridgehead atoms. The van der Waals surface area contributed by atoms with Crippen LogP contribution >= 0.6 is 11.3 Å². The van der Waals surface area contributed by atoms with E-state index in [0.29, 0.717) is 5.69 Å². The van der Waals surface area contributed by atoms with Crippen molar-refractivity contribution in [1.82, 2.24) is 10.3 Å². The maximum atomic E-state index is 12.0. The number of aliphatic hydroxyl groups excluding tert-OH is 1. The first kappa shape index (κ1) is 13.3. The summed E-state index contributed by atoms with van der Waals surface area (Å²) in [5.41, 5.74) is 0.425. The monoisotopic (exact) mass is 269 g/mol. The summed E-state index contributed by atoms with van der Waals surface area (Å²) in [5, 5.41) is 18.2. The smallest absolute Gasteiger partial charge is 0.271 e. The Morgan fingerprint density at radius 2 is 2.33 bits per heavy atom. The van der Waals surface area contributed by atoms with Gasteiger partial charge in [0, 0.05) is 11.9 Å². The molecule has 6 heteroatoms. The fraction of sp³-hybridized carbons (Fsp3) is 0.667. The Kier molecular flexibility index (Phi) is 4.54. The lowest BCUT2D eigenvalue weighted by Gasteiger charge is -2.27. The standard InChI is InChI=1S/C12H19N3O2S/c1-2-13-12-15-9(7-18-12)11(17)14-8-5-3-4-6-10(8)16/h7-8,10,16H,2-6H2,1H3,(H,13,15)(H,14,17). The molecule has 1 aromatic rings. The zero-order valence-corrected chi connectivity index (χ0v) is 11.3. The molecule has 1 saturated carbocycles. The largest absolute Gasteiger partial charge is 0.391 e. The van der Waals surface area contributed by atoms with Crippen LogP contribution in [0.4, 0.5) is 5.13 Å². The van der Waals surface area contributed by atoms with Crippen molar-refractivity contribution in [2.45, 2.75) is 44.8 Å². The highest BCUT2D eigenvalue weighted by molar-refractivity contribution is 7.13. The Morgan fingerprint density at radius 3 is 3.06 bits per heavy atom. The van der Waals surface area contributed by atoms with Crippen LogP contribution in [0.5, 0.6) is 0 Å². The molecule has 1 fully saturated rings. The normalized spacial score (nSPS) is 23.7. The molecule has 2 unspecified atom stereocenters. The molecule has 3 N–H and O–H groups in total. The van der Waals surface area contributed by atoms with Crippen molar-refractivity contribution in [3.63, 3.8) is 0 Å². The van der Waals surface area contributed by atoms with Gasteiger partial charge in [-0.15, -0.1) is 11.3 Å². The Labute approximate surface area is 111 Å². The highest BCUT2D eigenvalue weighted by Crippen LogP contribution is 2.20. The summed E-state index contributed by atoms with van der Waals surface area (Å²) in [7, 11) is 0. The zero-order chi connectivity index (χ0) is 13.0. The minimum atomic E-state index is -0.422. The third-order valence-corrected chi connectivity index (χ3v) is 3.91. The van der Waals surface area contributed by atoms with Gasteiger partial charge in [-0.3, -0.25) is 4.79 Å². The Bertz CT molecular complexity index is 408. The molecule has 100 valence electrons. The van der Waals surface area contributed by atoms with Crippen molar-refractivity contribution in [3.05, 3.63) is 11.1 Å². The van der Waals surface area contributed by atoms with Gasteiger partial charge in [0.25, 0.3) is 5.91 Å². The Morgan fingerprint density at radius 1 is 1.56 bits per heavy atom. The van der Waals surface area contributed by atoms with Gasteiger partial charge in [-0.1, -0.05) is 12.8 Å². The minimum Gasteiger partial charge on any atom is -0.391 e. The molecule has 0 aliphatic heterocycles. The zero-order valence-electron chi connectivity index (χ0n) is 10.5. The fourth-order valence-corrected chi connectivity index (χ4v) is 2.89. The maximum Gasteiger partial charge on any atom is 0.271 e. The van der Waals surface area contributed by atoms with Gasteiger partial charge in [0.15, 0.2) is 5.13 Å². The van der Waals surface area contributed by atoms with Gasteiger partial charge in [0.2, 0.25) is 0 Å². The van der Waals surface area contributed by atoms with Gasteiger partial charge < -0.3 is 15.7 Å². The number of carbonyl (C=O) groups excluding carboxylic acids is 1. The number of carbonyl (C=O) groups is 1. The highest BCUT2D eigenvalue weighted by atomic mass is 32.1. The third-order valence-electron chi connectivity index (χ3n) is 3.11. The summed E-state index contributed by atoms with van der Waals surface area (Å²) in [6.07, 6.45) is 3.28. The van der Waals surface area contributed by atoms with Crippen LogP contribution in [0.2, 0.25) is 0 Å². The van der Waals surface area contributed by atoms with E-state index in [9.17, 15) is 9.90 Å². The van der Waals surface area contributed by atoms with Crippen molar-refractivity contribution in [1.29, 1.82) is 0 Å². The SMILES string of the molecule is CCNc1nc(C(=O)NC2CCCCC2O)cs1. The first-order valence-corrected chi connectivity index (χ1v) is 7.27. The Balaban J connectivity index is 1.93. The molecule has 1 heterocycles. The minimum absolute atomic E-state index is 0.129. The van der Waals surface area contributed by atoms with E-state index in [2.05, 4.69) is 15.6 Å². The number of amides is 1. The second-order valence-electron chi connectivity index (χ2n) is 4.50. The molecule has 0 spiro atoms. The Hall–Kier alpha value is -1.14. The van der Waals surface area contributed by atoms with E-state index >= 15 is 0 Å². The van der Waals surface area contributed by atoms with Gasteiger partial charge >= 0.3 is 0 Å². The summed E-state index contributed by atoms with van der Waals surface area (Å²) < 4.78 is 0. The van der Waals surface area contributed by atoms with E-state index in [4.69, 9.17) is 0 Å². The van der Waals surface area contributed by atoms with E-state index in [1.807, 2.05) is 6.92 Å². The molecule has 1 aliphatic rings. The van der Waals surface area contributed by atoms with Crippen LogP contribution in [0.15, 0.2) is 5.38 Å². The molecule has 1 aromatic heterocycles. The average molecular weight is 269 g/mol. The van der Waals surface area contributed by atoms with Crippen LogP contribution in [0.3, 0.4) is 0 Å². The van der Waals surface area contributed by atoms with Crippen LogP contribution in [-0.4, -0.2) is 34.7 Å². The lowest BCUT2D eigenvalue weighted by atomic mass is 9.92. The summed E-state index contributed by atoms with van der Waals surface area (Å²) >= 11 is 1.42. The van der Waals surface area contributed by atoms with Crippen LogP contribution in [0.25, 0.3) is 0 Å². The van der Waals surface area contributed by atoms with E-state index < -0.39 is 6.10 Å². The summed E-state index contributed by atoms with van der Waals surface area (Å²) in [5.74, 6) is -0.193. The molecular weight excluding hydrogens is 250 g/mol. The quantitative estimate of drug-likeness (QED) is 0.776. The maximum absolute atomic E-state index is 12.0. The molecule has 5 nitrogen and oxygen atoms in total. The number of nitrogens with one attached hydrogen (secondary N) is 2. The van der Waals surface area contributed by atoms with E-state index in [-0.39, 0.29) is 11.9 Å². The number of aliphatic hydroxyl groups is 1. The number of thiazole rings is 1. The first-order chi connectivity index (χ1) is 8.70. The number of nitrogens with zero attached hydrogens (tertiary/aromatic N) is 1. The summed E-state index contributed by atoms with van der Waals surface area (Å²) in [6.45, 7) is 2.77. The van der Waals surface area contributed by atoms with Crippen molar-refractivity contribution in [2.24, 2.45) is 0 Å². The lowest BCUT2D eigenvalue weighted by Crippen LogP contribution is -2.45. The van der Waals surface area contributed by atoms with Gasteiger partial charge in [-0.05, 0) is 19.8 Å². The molecule has 1 amide bonds. The molecule has 2 atom stereocenters. The second kappa shape index (κ2) is 6.15. The molecular formula is C12H19N3O2S. The van der Waals surface area contributed by atoms with E-state index in [1.165, 1.54) is 11.3 Å². The van der Waals surface area contributed by atoms with Crippen LogP contribution in [0.1, 0.15) is 43.1 Å². The van der Waals surface area contributed by atoms with Crippen molar-refractivity contribution >= 4 is 22.4 Å². The topological polar surface area (TPSA) is 74.2 Å². The second-order valence-corrected chi connectivity index (χ2v) is 5.36. The molecule has 2 rings (SSSR count). The fourth-order valence-electron chi connectivity index (χ4n) is 2.13. The van der Waals surface area contributed by atoms with E-state index in [0.717, 1.165) is 37.4 Å². The first-order valence-electron chi connectivity index (χ1n) is 6.39. The predicted octanol–water partition coefficient (Wildman–Crippen LogP) is 1.61. The van der Waals surface area contributed by atoms with Crippen molar-refractivity contribution in [3.8, 4) is 0 Å². The molecule has 0 aromatic carbocycles. The molecule has 18 heavy (non-hydrogen) atoms. The number of anilines is 1. The number of hydrogen-bond acceptors (Lipinski definition) is 5. The molecule has 1 aliphatic carbocycles. The van der Waals surface area contributed by atoms with Gasteiger partial charge in [-0.2, -0.15) is 0 Å². The van der Waals surface area contributed by atoms with Crippen LogP contribution in [0, 0.1) is 0 Å². The number of rotatable bonds is 4. The average Bonchev–Trinajstić information content (AvgIpc) is 2.81. The molecule has 0 saturated heterocycles. The lowest BCUT2D eigenvalue weighted by molar-refractivity contribution is 0.0714. The van der Waals surface area contributed by atoms with Crippen LogP contribution in [-0.2, 0) is 0 Å². The number of hydrogen-bond donors (Lipinski definition) is 3. The summed E-state index contributed by atoms with van der Waals surface area (Å²) in [6, 6.07) is -0.129.